The number of ketones is 1. The van der Waals surface area contributed by atoms with Crippen molar-refractivity contribution in [1.29, 1.82) is 0 Å². The molecule has 0 radical (unpaired) electrons. The lowest BCUT2D eigenvalue weighted by molar-refractivity contribution is 0.0971. The summed E-state index contributed by atoms with van der Waals surface area (Å²) in [4.78, 5) is 16.9. The SMILES string of the molecule is C=C(I)c1c2c(nc3c(Cl)cc(Cl)cc13)CCCC2=O. The molecule has 0 aliphatic heterocycles. The maximum atomic E-state index is 12.3. The van der Waals surface area contributed by atoms with Gasteiger partial charge in [-0.3, -0.25) is 9.78 Å². The van der Waals surface area contributed by atoms with E-state index in [1.165, 1.54) is 0 Å². The van der Waals surface area contributed by atoms with E-state index in [4.69, 9.17) is 23.2 Å². The molecule has 1 aromatic carbocycles. The van der Waals surface area contributed by atoms with Crippen LogP contribution in [0.3, 0.4) is 0 Å². The van der Waals surface area contributed by atoms with Crippen LogP contribution in [0.1, 0.15) is 34.5 Å². The molecular formula is C15H10Cl2INO. The third-order valence-corrected chi connectivity index (χ3v) is 4.50. The van der Waals surface area contributed by atoms with Crippen LogP contribution in [0, 0.1) is 0 Å². The second kappa shape index (κ2) is 5.28. The van der Waals surface area contributed by atoms with Crippen LogP contribution >= 0.6 is 45.8 Å². The van der Waals surface area contributed by atoms with Gasteiger partial charge in [0, 0.05) is 31.5 Å². The Morgan fingerprint density at radius 3 is 2.75 bits per heavy atom. The number of carbonyl (C=O) groups is 1. The van der Waals surface area contributed by atoms with Crippen molar-refractivity contribution in [1.82, 2.24) is 4.98 Å². The van der Waals surface area contributed by atoms with Crippen molar-refractivity contribution in [2.45, 2.75) is 19.3 Å². The number of fused-ring (bicyclic) bond motifs is 2. The highest BCUT2D eigenvalue weighted by molar-refractivity contribution is 14.1. The van der Waals surface area contributed by atoms with E-state index in [0.717, 1.165) is 33.1 Å². The first-order valence-electron chi connectivity index (χ1n) is 6.18. The Morgan fingerprint density at radius 1 is 1.30 bits per heavy atom. The van der Waals surface area contributed by atoms with Gasteiger partial charge in [-0.2, -0.15) is 0 Å². The van der Waals surface area contributed by atoms with Gasteiger partial charge in [0.15, 0.2) is 5.78 Å². The molecule has 0 atom stereocenters. The fraction of sp³-hybridized carbons (Fsp3) is 0.200. The van der Waals surface area contributed by atoms with Crippen molar-refractivity contribution in [2.24, 2.45) is 0 Å². The van der Waals surface area contributed by atoms with Crippen LogP contribution in [-0.4, -0.2) is 10.8 Å². The lowest BCUT2D eigenvalue weighted by Gasteiger charge is -2.20. The van der Waals surface area contributed by atoms with E-state index in [2.05, 4.69) is 34.2 Å². The number of aromatic nitrogens is 1. The average Bonchev–Trinajstić information content (AvgIpc) is 2.37. The summed E-state index contributed by atoms with van der Waals surface area (Å²) in [6, 6.07) is 3.48. The second-order valence-corrected chi connectivity index (χ2v) is 6.92. The standard InChI is InChI=1S/C15H10Cl2INO/c1-7(18)13-9-5-8(16)6-10(17)15(9)19-11-3-2-4-12(20)14(11)13/h5-6H,1-4H2. The fourth-order valence-corrected chi connectivity index (χ4v) is 3.74. The van der Waals surface area contributed by atoms with E-state index in [1.807, 2.05) is 0 Å². The van der Waals surface area contributed by atoms with Gasteiger partial charge in [-0.15, -0.1) is 0 Å². The summed E-state index contributed by atoms with van der Waals surface area (Å²) in [6.07, 6.45) is 2.20. The summed E-state index contributed by atoms with van der Waals surface area (Å²) in [5.74, 6) is 0.129. The van der Waals surface area contributed by atoms with Crippen LogP contribution in [0.15, 0.2) is 18.7 Å². The van der Waals surface area contributed by atoms with Gasteiger partial charge in [0.2, 0.25) is 0 Å². The maximum absolute atomic E-state index is 12.3. The molecule has 20 heavy (non-hydrogen) atoms. The molecule has 0 saturated heterocycles. The molecule has 1 aliphatic rings. The third kappa shape index (κ3) is 2.26. The number of rotatable bonds is 1. The molecular weight excluding hydrogens is 408 g/mol. The Kier molecular flexibility index (Phi) is 3.77. The summed E-state index contributed by atoms with van der Waals surface area (Å²) in [5, 5.41) is 1.84. The molecule has 5 heteroatoms. The molecule has 0 spiro atoms. The molecule has 102 valence electrons. The molecule has 1 heterocycles. The van der Waals surface area contributed by atoms with Crippen molar-refractivity contribution in [3.05, 3.63) is 45.6 Å². The Hall–Kier alpha value is -0.650. The number of Topliss-reactive ketones (excluding diaryl/α,β-unsaturated/α-hetero) is 1. The Labute approximate surface area is 140 Å². The summed E-state index contributed by atoms with van der Waals surface area (Å²) in [6.45, 7) is 4.00. The summed E-state index contributed by atoms with van der Waals surface area (Å²) in [7, 11) is 0. The molecule has 1 aliphatic carbocycles. The first-order valence-corrected chi connectivity index (χ1v) is 8.02. The normalized spacial score (nSPS) is 14.4. The third-order valence-electron chi connectivity index (χ3n) is 3.45. The van der Waals surface area contributed by atoms with E-state index >= 15 is 0 Å². The molecule has 3 rings (SSSR count). The van der Waals surface area contributed by atoms with Gasteiger partial charge in [-0.25, -0.2) is 0 Å². The van der Waals surface area contributed by atoms with Gasteiger partial charge < -0.3 is 0 Å². The van der Waals surface area contributed by atoms with Crippen molar-refractivity contribution in [3.8, 4) is 0 Å². The van der Waals surface area contributed by atoms with E-state index in [1.54, 1.807) is 12.1 Å². The van der Waals surface area contributed by atoms with Crippen LogP contribution in [-0.2, 0) is 6.42 Å². The Morgan fingerprint density at radius 2 is 2.05 bits per heavy atom. The van der Waals surface area contributed by atoms with Crippen LogP contribution < -0.4 is 0 Å². The predicted octanol–water partition coefficient (Wildman–Crippen LogP) is 5.47. The molecule has 0 N–H and O–H groups in total. The first-order chi connectivity index (χ1) is 9.49. The molecule has 0 unspecified atom stereocenters. The second-order valence-electron chi connectivity index (χ2n) is 4.77. The lowest BCUT2D eigenvalue weighted by Crippen LogP contribution is -2.15. The smallest absolute Gasteiger partial charge is 0.165 e. The van der Waals surface area contributed by atoms with Crippen molar-refractivity contribution < 1.29 is 4.79 Å². The monoisotopic (exact) mass is 417 g/mol. The summed E-state index contributed by atoms with van der Waals surface area (Å²) < 4.78 is 0.805. The van der Waals surface area contributed by atoms with Gasteiger partial charge in [-0.05, 0) is 47.6 Å². The summed E-state index contributed by atoms with van der Waals surface area (Å²) in [5.41, 5.74) is 3.05. The largest absolute Gasteiger partial charge is 0.294 e. The quantitative estimate of drug-likeness (QED) is 0.576. The maximum Gasteiger partial charge on any atom is 0.165 e. The van der Waals surface area contributed by atoms with Crippen molar-refractivity contribution >= 4 is 66.1 Å². The number of aryl methyl sites for hydroxylation is 1. The molecule has 0 amide bonds. The van der Waals surface area contributed by atoms with Crippen LogP contribution in [0.25, 0.3) is 14.5 Å². The molecule has 0 bridgehead atoms. The molecule has 0 saturated carbocycles. The minimum absolute atomic E-state index is 0.129. The number of halogens is 3. The molecule has 2 aromatic rings. The lowest BCUT2D eigenvalue weighted by atomic mass is 9.89. The highest BCUT2D eigenvalue weighted by Gasteiger charge is 2.25. The highest BCUT2D eigenvalue weighted by atomic mass is 127. The van der Waals surface area contributed by atoms with E-state index in [9.17, 15) is 4.79 Å². The Balaban J connectivity index is 2.51. The van der Waals surface area contributed by atoms with E-state index in [0.29, 0.717) is 27.5 Å². The van der Waals surface area contributed by atoms with E-state index < -0.39 is 0 Å². The molecule has 2 nitrogen and oxygen atoms in total. The number of hydrogen-bond acceptors (Lipinski definition) is 2. The molecule has 0 fully saturated rings. The van der Waals surface area contributed by atoms with Gasteiger partial charge in [-0.1, -0.05) is 29.8 Å². The van der Waals surface area contributed by atoms with Gasteiger partial charge >= 0.3 is 0 Å². The van der Waals surface area contributed by atoms with Crippen LogP contribution in [0.4, 0.5) is 0 Å². The zero-order valence-corrected chi connectivity index (χ0v) is 14.1. The zero-order chi connectivity index (χ0) is 14.4. The topological polar surface area (TPSA) is 30.0 Å². The van der Waals surface area contributed by atoms with Crippen molar-refractivity contribution in [3.63, 3.8) is 0 Å². The van der Waals surface area contributed by atoms with Gasteiger partial charge in [0.25, 0.3) is 0 Å². The van der Waals surface area contributed by atoms with Gasteiger partial charge in [0.05, 0.1) is 16.2 Å². The zero-order valence-electron chi connectivity index (χ0n) is 10.5. The van der Waals surface area contributed by atoms with Crippen LogP contribution in [0.2, 0.25) is 10.0 Å². The van der Waals surface area contributed by atoms with Crippen molar-refractivity contribution in [2.75, 3.05) is 0 Å². The number of carbonyl (C=O) groups excluding carboxylic acids is 1. The number of nitrogens with zero attached hydrogens (tertiary/aromatic N) is 1. The minimum atomic E-state index is 0.129. The number of benzene rings is 1. The van der Waals surface area contributed by atoms with Crippen LogP contribution in [0.5, 0.6) is 0 Å². The van der Waals surface area contributed by atoms with E-state index in [-0.39, 0.29) is 5.78 Å². The fourth-order valence-electron chi connectivity index (χ4n) is 2.64. The number of hydrogen-bond donors (Lipinski definition) is 0. The van der Waals surface area contributed by atoms with Gasteiger partial charge in [0.1, 0.15) is 0 Å². The summed E-state index contributed by atoms with van der Waals surface area (Å²) >= 11 is 14.5. The minimum Gasteiger partial charge on any atom is -0.294 e. The first kappa shape index (κ1) is 14.3. The highest BCUT2D eigenvalue weighted by Crippen LogP contribution is 2.38. The Bertz CT molecular complexity index is 770. The molecule has 1 aromatic heterocycles. The average molecular weight is 418 g/mol. The predicted molar refractivity (Wildman–Crippen MR) is 92.1 cm³/mol. The number of pyridine rings is 1.